The van der Waals surface area contributed by atoms with Crippen LogP contribution in [0.1, 0.15) is 45.0 Å². The lowest BCUT2D eigenvalue weighted by molar-refractivity contribution is -0.126. The van der Waals surface area contributed by atoms with Gasteiger partial charge in [-0.2, -0.15) is 0 Å². The Balaban J connectivity index is 1.33. The summed E-state index contributed by atoms with van der Waals surface area (Å²) >= 11 is 6.64. The van der Waals surface area contributed by atoms with Gasteiger partial charge in [-0.05, 0) is 72.9 Å². The molecule has 4 amide bonds. The number of anilines is 2. The Kier molecular flexibility index (Phi) is 6.82. The molecule has 232 valence electrons. The number of carbonyl (C=O) groups excluding carboxylic acids is 4. The summed E-state index contributed by atoms with van der Waals surface area (Å²) in [5, 5.41) is 29.3. The number of phenols is 1. The number of aromatic carboxylic acids is 2. The van der Waals surface area contributed by atoms with Crippen molar-refractivity contribution < 1.29 is 44.1 Å². The molecule has 1 saturated carbocycles. The molecule has 2 aliphatic heterocycles. The Bertz CT molecular complexity index is 1940. The monoisotopic (exact) mass is 640 g/mol. The van der Waals surface area contributed by atoms with Crippen LogP contribution in [0.15, 0.2) is 78.4 Å². The molecule has 0 radical (unpaired) electrons. The Hall–Kier alpha value is -5.29. The molecule has 7 rings (SSSR count). The van der Waals surface area contributed by atoms with Crippen molar-refractivity contribution in [1.82, 2.24) is 0 Å². The van der Waals surface area contributed by atoms with E-state index in [0.29, 0.717) is 11.1 Å². The molecule has 2 aliphatic carbocycles. The van der Waals surface area contributed by atoms with Crippen molar-refractivity contribution in [2.24, 2.45) is 29.6 Å². The van der Waals surface area contributed by atoms with Crippen LogP contribution in [0.25, 0.3) is 0 Å². The van der Waals surface area contributed by atoms with Crippen molar-refractivity contribution in [1.29, 1.82) is 0 Å². The summed E-state index contributed by atoms with van der Waals surface area (Å²) in [7, 11) is 0. The van der Waals surface area contributed by atoms with E-state index in [2.05, 4.69) is 0 Å². The van der Waals surface area contributed by atoms with Crippen molar-refractivity contribution in [3.8, 4) is 5.75 Å². The molecule has 12 heteroatoms. The van der Waals surface area contributed by atoms with Gasteiger partial charge in [-0.3, -0.25) is 29.0 Å². The third kappa shape index (κ3) is 4.33. The lowest BCUT2D eigenvalue weighted by Crippen LogP contribution is -2.43. The first-order valence-corrected chi connectivity index (χ1v) is 15.0. The average molecular weight is 641 g/mol. The van der Waals surface area contributed by atoms with E-state index in [9.17, 15) is 44.1 Å². The zero-order chi connectivity index (χ0) is 32.6. The minimum absolute atomic E-state index is 0.0750. The first-order chi connectivity index (χ1) is 22.0. The van der Waals surface area contributed by atoms with Crippen LogP contribution in [0.4, 0.5) is 11.4 Å². The maximum absolute atomic E-state index is 14.2. The number of allylic oxidation sites excluding steroid dienone is 2. The quantitative estimate of drug-likeness (QED) is 0.269. The number of nitrogens with zero attached hydrogens (tertiary/aromatic N) is 2. The highest BCUT2D eigenvalue weighted by Gasteiger charge is 2.62. The number of amides is 4. The number of benzene rings is 3. The predicted octanol–water partition coefficient (Wildman–Crippen LogP) is 4.49. The highest BCUT2D eigenvalue weighted by molar-refractivity contribution is 6.32. The first-order valence-electron chi connectivity index (χ1n) is 14.6. The summed E-state index contributed by atoms with van der Waals surface area (Å²) in [6.07, 6.45) is 2.08. The normalized spacial score (nSPS) is 26.8. The lowest BCUT2D eigenvalue weighted by atomic mass is 9.57. The molecule has 3 fully saturated rings. The van der Waals surface area contributed by atoms with E-state index >= 15 is 0 Å². The molecule has 3 aromatic rings. The molecule has 2 saturated heterocycles. The fourth-order valence-corrected chi connectivity index (χ4v) is 8.06. The largest absolute Gasteiger partial charge is 0.508 e. The standard InChI is InChI=1S/C34H25ClN2O9/c35-25-13-19(38)7-8-21(25)26-20-9-10-22-27(31(41)36(29(22)39)17-5-1-3-15(11-17)33(43)44)23(20)14-24-28(26)32(42)37(30(24)40)18-6-2-4-16(12-18)34(45)46/h1-9,11-13,22-24,26-28,38H,10,14H2,(H,43,44)(H,45,46)/t22-,23+,24+,26+,27-,28+/m0/s1. The fraction of sp³-hybridized carbons (Fsp3) is 0.235. The van der Waals surface area contributed by atoms with Gasteiger partial charge in [0, 0.05) is 10.9 Å². The first kappa shape index (κ1) is 29.4. The van der Waals surface area contributed by atoms with Gasteiger partial charge in [0.05, 0.1) is 46.2 Å². The number of carbonyl (C=O) groups is 6. The molecule has 0 unspecified atom stereocenters. The van der Waals surface area contributed by atoms with E-state index in [1.807, 2.05) is 6.08 Å². The van der Waals surface area contributed by atoms with Gasteiger partial charge >= 0.3 is 11.9 Å². The molecule has 11 nitrogen and oxygen atoms in total. The van der Waals surface area contributed by atoms with Gasteiger partial charge in [0.2, 0.25) is 23.6 Å². The fourth-order valence-electron chi connectivity index (χ4n) is 7.77. The molecule has 2 heterocycles. The maximum Gasteiger partial charge on any atom is 0.335 e. The van der Waals surface area contributed by atoms with Gasteiger partial charge in [-0.15, -0.1) is 0 Å². The van der Waals surface area contributed by atoms with Crippen molar-refractivity contribution in [3.05, 3.63) is 100 Å². The third-order valence-corrected chi connectivity index (χ3v) is 10.00. The molecule has 3 N–H and O–H groups in total. The Labute approximate surface area is 266 Å². The van der Waals surface area contributed by atoms with E-state index in [4.69, 9.17) is 11.6 Å². The minimum atomic E-state index is -1.22. The number of carboxylic acid groups (broad SMARTS) is 2. The van der Waals surface area contributed by atoms with Gasteiger partial charge in [0.15, 0.2) is 0 Å². The number of phenolic OH excluding ortho intramolecular Hbond substituents is 1. The summed E-state index contributed by atoms with van der Waals surface area (Å²) in [6, 6.07) is 15.4. The van der Waals surface area contributed by atoms with Crippen LogP contribution in [0.5, 0.6) is 5.75 Å². The number of hydrogen-bond donors (Lipinski definition) is 3. The molecule has 6 atom stereocenters. The number of carboxylic acids is 2. The van der Waals surface area contributed by atoms with Crippen molar-refractivity contribution in [3.63, 3.8) is 0 Å². The van der Waals surface area contributed by atoms with Gasteiger partial charge < -0.3 is 15.3 Å². The second-order valence-corrected chi connectivity index (χ2v) is 12.4. The van der Waals surface area contributed by atoms with Crippen molar-refractivity contribution >= 4 is 58.5 Å². The number of imide groups is 2. The zero-order valence-corrected chi connectivity index (χ0v) is 24.6. The van der Waals surface area contributed by atoms with E-state index in [-0.39, 0.29) is 46.1 Å². The Morgan fingerprint density at radius 2 is 1.26 bits per heavy atom. The Morgan fingerprint density at radius 3 is 1.83 bits per heavy atom. The topological polar surface area (TPSA) is 170 Å². The van der Waals surface area contributed by atoms with Crippen LogP contribution >= 0.6 is 11.6 Å². The molecule has 46 heavy (non-hydrogen) atoms. The maximum atomic E-state index is 14.2. The Morgan fingerprint density at radius 1 is 0.696 bits per heavy atom. The zero-order valence-electron chi connectivity index (χ0n) is 23.9. The van der Waals surface area contributed by atoms with E-state index in [1.165, 1.54) is 60.7 Å². The number of rotatable bonds is 5. The summed E-state index contributed by atoms with van der Waals surface area (Å²) in [6.45, 7) is 0. The number of hydrogen-bond acceptors (Lipinski definition) is 7. The van der Waals surface area contributed by atoms with Crippen LogP contribution in [0.3, 0.4) is 0 Å². The molecule has 0 bridgehead atoms. The predicted molar refractivity (Wildman–Crippen MR) is 162 cm³/mol. The van der Waals surface area contributed by atoms with Gasteiger partial charge in [0.25, 0.3) is 0 Å². The highest BCUT2D eigenvalue weighted by Crippen LogP contribution is 2.59. The minimum Gasteiger partial charge on any atom is -0.508 e. The summed E-state index contributed by atoms with van der Waals surface area (Å²) in [4.78, 5) is 81.4. The smallest absolute Gasteiger partial charge is 0.335 e. The summed E-state index contributed by atoms with van der Waals surface area (Å²) < 4.78 is 0. The van der Waals surface area contributed by atoms with E-state index in [0.717, 1.165) is 9.80 Å². The van der Waals surface area contributed by atoms with Gasteiger partial charge in [-0.1, -0.05) is 41.4 Å². The van der Waals surface area contributed by atoms with Crippen LogP contribution in [0, 0.1) is 29.6 Å². The average Bonchev–Trinajstić information content (AvgIpc) is 3.44. The third-order valence-electron chi connectivity index (χ3n) is 9.67. The molecular formula is C34H25ClN2O9. The van der Waals surface area contributed by atoms with Gasteiger partial charge in [0.1, 0.15) is 5.75 Å². The lowest BCUT2D eigenvalue weighted by Gasteiger charge is -2.44. The summed E-state index contributed by atoms with van der Waals surface area (Å²) in [5.74, 6) is -9.58. The van der Waals surface area contributed by atoms with E-state index in [1.54, 1.807) is 6.07 Å². The highest BCUT2D eigenvalue weighted by atomic mass is 35.5. The second-order valence-electron chi connectivity index (χ2n) is 12.0. The van der Waals surface area contributed by atoms with Crippen molar-refractivity contribution in [2.45, 2.75) is 18.8 Å². The van der Waals surface area contributed by atoms with Crippen molar-refractivity contribution in [2.75, 3.05) is 9.80 Å². The number of fused-ring (bicyclic) bond motifs is 4. The molecule has 3 aromatic carbocycles. The number of aromatic hydroxyl groups is 1. The molecule has 0 aromatic heterocycles. The molecule has 0 spiro atoms. The van der Waals surface area contributed by atoms with E-state index < -0.39 is 71.1 Å². The second kappa shape index (κ2) is 10.7. The molecular weight excluding hydrogens is 616 g/mol. The van der Waals surface area contributed by atoms with Crippen LogP contribution in [-0.4, -0.2) is 50.9 Å². The van der Waals surface area contributed by atoms with Crippen LogP contribution in [0.2, 0.25) is 5.02 Å². The summed E-state index contributed by atoms with van der Waals surface area (Å²) in [5.41, 5.74) is 1.19. The SMILES string of the molecule is O=C(O)c1cccc(N2C(=O)[C@H]3[C@H](CC=C4[C@H]3C[C@H]3C(=O)N(c5cccc(C(=O)O)c5)C(=O)[C@H]3[C@H]4c3ccc(O)cc3Cl)C2=O)c1. The number of halogens is 1. The van der Waals surface area contributed by atoms with Crippen LogP contribution in [-0.2, 0) is 19.2 Å². The van der Waals surface area contributed by atoms with Crippen LogP contribution < -0.4 is 9.80 Å². The van der Waals surface area contributed by atoms with Gasteiger partial charge in [-0.25, -0.2) is 9.59 Å². The molecule has 4 aliphatic rings.